The van der Waals surface area contributed by atoms with Crippen LogP contribution >= 0.6 is 0 Å². The maximum absolute atomic E-state index is 12.8. The van der Waals surface area contributed by atoms with E-state index in [2.05, 4.69) is 10.6 Å². The van der Waals surface area contributed by atoms with Gasteiger partial charge in [0.05, 0.1) is 20.3 Å². The molecule has 2 N–H and O–H groups in total. The predicted octanol–water partition coefficient (Wildman–Crippen LogP) is 2.49. The van der Waals surface area contributed by atoms with Gasteiger partial charge in [0.25, 0.3) is 5.91 Å². The fourth-order valence-electron chi connectivity index (χ4n) is 2.38. The normalized spacial score (nSPS) is 9.73. The molecule has 0 spiro atoms. The number of hydrogen-bond donors (Lipinski definition) is 2. The molecule has 134 valence electrons. The molecule has 7 nitrogen and oxygen atoms in total. The second-order valence-electron chi connectivity index (χ2n) is 5.26. The van der Waals surface area contributed by atoms with Crippen LogP contribution in [0.3, 0.4) is 0 Å². The summed E-state index contributed by atoms with van der Waals surface area (Å²) in [5, 5.41) is 14.0. The lowest BCUT2D eigenvalue weighted by atomic mass is 10.1. The molecule has 0 aliphatic carbocycles. The Bertz CT molecular complexity index is 821. The monoisotopic (exact) mass is 353 g/mol. The molecule has 26 heavy (non-hydrogen) atoms. The van der Waals surface area contributed by atoms with Gasteiger partial charge in [-0.25, -0.2) is 0 Å². The van der Waals surface area contributed by atoms with Crippen LogP contribution in [0, 0.1) is 11.3 Å². The van der Waals surface area contributed by atoms with E-state index >= 15 is 0 Å². The molecule has 2 aromatic rings. The van der Waals surface area contributed by atoms with E-state index in [-0.39, 0.29) is 24.4 Å². The van der Waals surface area contributed by atoms with Crippen LogP contribution in [0.25, 0.3) is 0 Å². The van der Waals surface area contributed by atoms with Crippen LogP contribution < -0.4 is 20.1 Å². The summed E-state index contributed by atoms with van der Waals surface area (Å²) in [6, 6.07) is 13.9. The number of amides is 2. The number of anilines is 1. The lowest BCUT2D eigenvalue weighted by molar-refractivity contribution is -0.120. The number of carbonyl (C=O) groups is 2. The third-order valence-electron chi connectivity index (χ3n) is 3.64. The first-order chi connectivity index (χ1) is 12.6. The maximum atomic E-state index is 12.8. The summed E-state index contributed by atoms with van der Waals surface area (Å²) in [7, 11) is 2.95. The average molecular weight is 353 g/mol. The van der Waals surface area contributed by atoms with Crippen LogP contribution in [0.5, 0.6) is 11.5 Å². The molecule has 0 aliphatic rings. The van der Waals surface area contributed by atoms with Gasteiger partial charge in [-0.15, -0.1) is 0 Å². The van der Waals surface area contributed by atoms with Gasteiger partial charge in [-0.05, 0) is 23.8 Å². The molecule has 0 radical (unpaired) electrons. The lowest BCUT2D eigenvalue weighted by Gasteiger charge is -2.15. The van der Waals surface area contributed by atoms with E-state index in [4.69, 9.17) is 14.7 Å². The topological polar surface area (TPSA) is 100 Å². The highest BCUT2D eigenvalue weighted by atomic mass is 16.5. The predicted molar refractivity (Wildman–Crippen MR) is 96.0 cm³/mol. The SMILES string of the molecule is COc1cccc(OC)c1C(=O)Nc1ccccc1CNC(=O)CC#N. The molecular weight excluding hydrogens is 334 g/mol. The first-order valence-corrected chi connectivity index (χ1v) is 7.84. The molecule has 0 saturated carbocycles. The minimum absolute atomic E-state index is 0.194. The molecular formula is C19H19N3O4. The molecule has 0 unspecified atom stereocenters. The van der Waals surface area contributed by atoms with E-state index in [9.17, 15) is 9.59 Å². The first-order valence-electron chi connectivity index (χ1n) is 7.84. The first kappa shape index (κ1) is 18.8. The van der Waals surface area contributed by atoms with Crippen LogP contribution in [0.15, 0.2) is 42.5 Å². The number of nitrogens with one attached hydrogen (secondary N) is 2. The van der Waals surface area contributed by atoms with Crippen molar-refractivity contribution >= 4 is 17.5 Å². The van der Waals surface area contributed by atoms with Crippen LogP contribution in [0.1, 0.15) is 22.3 Å². The quantitative estimate of drug-likeness (QED) is 0.796. The van der Waals surface area contributed by atoms with Crippen LogP contribution in [0.4, 0.5) is 5.69 Å². The third-order valence-corrected chi connectivity index (χ3v) is 3.64. The lowest BCUT2D eigenvalue weighted by Crippen LogP contribution is -2.23. The minimum atomic E-state index is -0.393. The number of rotatable bonds is 7. The van der Waals surface area contributed by atoms with Gasteiger partial charge < -0.3 is 20.1 Å². The maximum Gasteiger partial charge on any atom is 0.263 e. The van der Waals surface area contributed by atoms with Crippen LogP contribution in [-0.2, 0) is 11.3 Å². The van der Waals surface area contributed by atoms with Crippen molar-refractivity contribution < 1.29 is 19.1 Å². The summed E-state index contributed by atoms with van der Waals surface area (Å²) in [6.45, 7) is 0.194. The van der Waals surface area contributed by atoms with Crippen molar-refractivity contribution in [2.75, 3.05) is 19.5 Å². The molecule has 2 aromatic carbocycles. The largest absolute Gasteiger partial charge is 0.496 e. The zero-order valence-corrected chi connectivity index (χ0v) is 14.5. The molecule has 2 rings (SSSR count). The summed E-state index contributed by atoms with van der Waals surface area (Å²) >= 11 is 0. The molecule has 0 saturated heterocycles. The molecule has 0 fully saturated rings. The van der Waals surface area contributed by atoms with Gasteiger partial charge in [0.2, 0.25) is 5.91 Å². The van der Waals surface area contributed by atoms with Gasteiger partial charge in [0.1, 0.15) is 23.5 Å². The summed E-state index contributed by atoms with van der Waals surface area (Å²) in [4.78, 5) is 24.2. The summed E-state index contributed by atoms with van der Waals surface area (Å²) in [5.41, 5.74) is 1.53. The summed E-state index contributed by atoms with van der Waals surface area (Å²) in [6.07, 6.45) is -0.215. The second kappa shape index (κ2) is 9.08. The van der Waals surface area contributed by atoms with Gasteiger partial charge in [-0.2, -0.15) is 5.26 Å². The van der Waals surface area contributed by atoms with E-state index in [1.807, 2.05) is 0 Å². The highest BCUT2D eigenvalue weighted by molar-refractivity contribution is 6.08. The van der Waals surface area contributed by atoms with E-state index in [0.29, 0.717) is 22.7 Å². The van der Waals surface area contributed by atoms with Gasteiger partial charge in [0.15, 0.2) is 0 Å². The Labute approximate surface area is 151 Å². The smallest absolute Gasteiger partial charge is 0.263 e. The number of hydrogen-bond acceptors (Lipinski definition) is 5. The van der Waals surface area contributed by atoms with Gasteiger partial charge >= 0.3 is 0 Å². The van der Waals surface area contributed by atoms with Gasteiger partial charge in [-0.1, -0.05) is 24.3 Å². The number of ether oxygens (including phenoxy) is 2. The highest BCUT2D eigenvalue weighted by Crippen LogP contribution is 2.29. The van der Waals surface area contributed by atoms with E-state index < -0.39 is 5.91 Å². The van der Waals surface area contributed by atoms with Crippen molar-refractivity contribution in [3.8, 4) is 17.6 Å². The zero-order valence-electron chi connectivity index (χ0n) is 14.5. The Hall–Kier alpha value is -3.53. The van der Waals surface area contributed by atoms with Crippen LogP contribution in [0.2, 0.25) is 0 Å². The molecule has 0 aromatic heterocycles. The fraction of sp³-hybridized carbons (Fsp3) is 0.211. The third kappa shape index (κ3) is 4.51. The number of methoxy groups -OCH3 is 2. The van der Waals surface area contributed by atoms with Gasteiger partial charge in [0, 0.05) is 12.2 Å². The Morgan fingerprint density at radius 2 is 1.69 bits per heavy atom. The van der Waals surface area contributed by atoms with E-state index in [0.717, 1.165) is 0 Å². The molecule has 2 amide bonds. The molecule has 0 bridgehead atoms. The minimum Gasteiger partial charge on any atom is -0.496 e. The van der Waals surface area contributed by atoms with Crippen molar-refractivity contribution in [2.45, 2.75) is 13.0 Å². The van der Waals surface area contributed by atoms with E-state index in [1.165, 1.54) is 14.2 Å². The fourth-order valence-corrected chi connectivity index (χ4v) is 2.38. The number of para-hydroxylation sites is 1. The van der Waals surface area contributed by atoms with Crippen molar-refractivity contribution in [1.82, 2.24) is 5.32 Å². The van der Waals surface area contributed by atoms with Crippen molar-refractivity contribution in [3.05, 3.63) is 53.6 Å². The van der Waals surface area contributed by atoms with Crippen LogP contribution in [-0.4, -0.2) is 26.0 Å². The van der Waals surface area contributed by atoms with Crippen molar-refractivity contribution in [3.63, 3.8) is 0 Å². The number of carbonyl (C=O) groups excluding carboxylic acids is 2. The Morgan fingerprint density at radius 1 is 1.04 bits per heavy atom. The summed E-state index contributed by atoms with van der Waals surface area (Å²) in [5.74, 6) is 0.0124. The molecule has 0 atom stereocenters. The van der Waals surface area contributed by atoms with Crippen molar-refractivity contribution in [2.24, 2.45) is 0 Å². The standard InChI is InChI=1S/C19H19N3O4/c1-25-15-8-5-9-16(26-2)18(15)19(24)22-14-7-4-3-6-13(14)12-21-17(23)10-11-20/h3-9H,10,12H2,1-2H3,(H,21,23)(H,22,24). The number of nitriles is 1. The zero-order chi connectivity index (χ0) is 18.9. The van der Waals surface area contributed by atoms with Gasteiger partial charge in [-0.3, -0.25) is 9.59 Å². The molecule has 0 heterocycles. The molecule has 0 aliphatic heterocycles. The number of nitrogens with zero attached hydrogens (tertiary/aromatic N) is 1. The summed E-state index contributed by atoms with van der Waals surface area (Å²) < 4.78 is 10.5. The average Bonchev–Trinajstić information content (AvgIpc) is 2.66. The van der Waals surface area contributed by atoms with E-state index in [1.54, 1.807) is 48.5 Å². The van der Waals surface area contributed by atoms with Crippen molar-refractivity contribution in [1.29, 1.82) is 5.26 Å². The second-order valence-corrected chi connectivity index (χ2v) is 5.26. The molecule has 7 heteroatoms. The Kier molecular flexibility index (Phi) is 6.57. The number of benzene rings is 2. The Balaban J connectivity index is 2.23. The highest BCUT2D eigenvalue weighted by Gasteiger charge is 2.19. The Morgan fingerprint density at radius 3 is 2.31 bits per heavy atom.